The third-order valence-corrected chi connectivity index (χ3v) is 6.54. The standard InChI is InChI=1S/C20H26O6S2/c1-15-9-11-19(27(21,22)23)17(13-15)7-5-3-4-6-8-18-14-16(2)10-12-20(18)28(24,25)26/h9-14H,3-8H2,1-2H3,(H,21,22,23)(H,24,25,26). The average Bonchev–Trinajstić information content (AvgIpc) is 2.55. The van der Waals surface area contributed by atoms with Crippen LogP contribution in [0, 0.1) is 13.8 Å². The van der Waals surface area contributed by atoms with Crippen molar-refractivity contribution < 1.29 is 25.9 Å². The molecule has 0 saturated heterocycles. The van der Waals surface area contributed by atoms with Gasteiger partial charge in [-0.2, -0.15) is 16.8 Å². The molecule has 0 saturated carbocycles. The second-order valence-corrected chi connectivity index (χ2v) is 9.87. The monoisotopic (exact) mass is 426 g/mol. The number of unbranched alkanes of at least 4 members (excludes halogenated alkanes) is 3. The number of rotatable bonds is 9. The van der Waals surface area contributed by atoms with E-state index < -0.39 is 20.2 Å². The lowest BCUT2D eigenvalue weighted by Gasteiger charge is -2.10. The van der Waals surface area contributed by atoms with Crippen LogP contribution in [0.4, 0.5) is 0 Å². The third kappa shape index (κ3) is 6.41. The maximum absolute atomic E-state index is 11.5. The van der Waals surface area contributed by atoms with Gasteiger partial charge in [-0.15, -0.1) is 0 Å². The minimum atomic E-state index is -4.24. The first-order chi connectivity index (χ1) is 13.0. The van der Waals surface area contributed by atoms with Crippen molar-refractivity contribution in [2.24, 2.45) is 0 Å². The quantitative estimate of drug-likeness (QED) is 0.461. The van der Waals surface area contributed by atoms with Gasteiger partial charge in [0, 0.05) is 0 Å². The topological polar surface area (TPSA) is 109 Å². The van der Waals surface area contributed by atoms with E-state index in [1.807, 2.05) is 13.8 Å². The van der Waals surface area contributed by atoms with Gasteiger partial charge in [0.05, 0.1) is 9.79 Å². The van der Waals surface area contributed by atoms with Crippen LogP contribution in [0.5, 0.6) is 0 Å². The van der Waals surface area contributed by atoms with Crippen LogP contribution >= 0.6 is 0 Å². The zero-order valence-corrected chi connectivity index (χ0v) is 17.7. The smallest absolute Gasteiger partial charge is 0.282 e. The lowest BCUT2D eigenvalue weighted by atomic mass is 10.0. The van der Waals surface area contributed by atoms with Crippen LogP contribution in [0.25, 0.3) is 0 Å². The van der Waals surface area contributed by atoms with E-state index in [0.29, 0.717) is 24.0 Å². The second kappa shape index (κ2) is 9.17. The normalized spacial score (nSPS) is 12.3. The molecule has 2 rings (SSSR count). The minimum absolute atomic E-state index is 0.0457. The highest BCUT2D eigenvalue weighted by atomic mass is 32.2. The van der Waals surface area contributed by atoms with Crippen molar-refractivity contribution in [2.45, 2.75) is 62.2 Å². The molecule has 0 spiro atoms. The molecule has 0 aliphatic heterocycles. The molecule has 0 aliphatic carbocycles. The van der Waals surface area contributed by atoms with Gasteiger partial charge in [0.25, 0.3) is 20.2 Å². The summed E-state index contributed by atoms with van der Waals surface area (Å²) < 4.78 is 64.6. The first kappa shape index (κ1) is 22.5. The lowest BCUT2D eigenvalue weighted by molar-refractivity contribution is 0.479. The third-order valence-electron chi connectivity index (χ3n) is 4.63. The fraction of sp³-hybridized carbons (Fsp3) is 0.400. The number of hydrogen-bond acceptors (Lipinski definition) is 4. The first-order valence-electron chi connectivity index (χ1n) is 9.12. The minimum Gasteiger partial charge on any atom is -0.282 e. The van der Waals surface area contributed by atoms with Crippen LogP contribution in [-0.2, 0) is 33.1 Å². The van der Waals surface area contributed by atoms with E-state index in [4.69, 9.17) is 0 Å². The van der Waals surface area contributed by atoms with Crippen LogP contribution in [0.1, 0.15) is 47.9 Å². The predicted molar refractivity (Wildman–Crippen MR) is 108 cm³/mol. The van der Waals surface area contributed by atoms with Gasteiger partial charge in [0.15, 0.2) is 0 Å². The number of benzene rings is 2. The molecule has 0 amide bonds. The Hall–Kier alpha value is -1.74. The van der Waals surface area contributed by atoms with E-state index in [9.17, 15) is 25.9 Å². The van der Waals surface area contributed by atoms with Crippen LogP contribution < -0.4 is 0 Å². The molecule has 0 heterocycles. The van der Waals surface area contributed by atoms with Gasteiger partial charge in [-0.05, 0) is 62.8 Å². The van der Waals surface area contributed by atoms with Crippen molar-refractivity contribution in [2.75, 3.05) is 0 Å². The Morgan fingerprint density at radius 3 is 1.32 bits per heavy atom. The van der Waals surface area contributed by atoms with Crippen molar-refractivity contribution >= 4 is 20.2 Å². The molecular weight excluding hydrogens is 400 g/mol. The maximum Gasteiger partial charge on any atom is 0.294 e. The van der Waals surface area contributed by atoms with Gasteiger partial charge in [-0.25, -0.2) is 0 Å². The zero-order valence-electron chi connectivity index (χ0n) is 16.1. The molecule has 6 nitrogen and oxygen atoms in total. The van der Waals surface area contributed by atoms with Crippen LogP contribution in [-0.4, -0.2) is 25.9 Å². The lowest BCUT2D eigenvalue weighted by Crippen LogP contribution is -2.04. The fourth-order valence-electron chi connectivity index (χ4n) is 3.29. The highest BCUT2D eigenvalue weighted by Gasteiger charge is 2.16. The van der Waals surface area contributed by atoms with Crippen molar-refractivity contribution in [3.05, 3.63) is 58.7 Å². The van der Waals surface area contributed by atoms with Crippen LogP contribution in [0.2, 0.25) is 0 Å². The average molecular weight is 427 g/mol. The SMILES string of the molecule is Cc1ccc(S(=O)(=O)O)c(CCCCCCc2cc(C)ccc2S(=O)(=O)O)c1. The molecule has 154 valence electrons. The highest BCUT2D eigenvalue weighted by molar-refractivity contribution is 7.86. The summed E-state index contributed by atoms with van der Waals surface area (Å²) in [7, 11) is -8.47. The molecule has 2 aromatic carbocycles. The molecule has 0 fully saturated rings. The molecule has 0 bridgehead atoms. The molecule has 2 N–H and O–H groups in total. The van der Waals surface area contributed by atoms with Crippen molar-refractivity contribution in [3.8, 4) is 0 Å². The Kier molecular flexibility index (Phi) is 7.39. The van der Waals surface area contributed by atoms with E-state index >= 15 is 0 Å². The molecule has 8 heteroatoms. The Bertz CT molecular complexity index is 955. The fourth-order valence-corrected chi connectivity index (χ4v) is 4.76. The molecule has 0 radical (unpaired) electrons. The molecule has 28 heavy (non-hydrogen) atoms. The summed E-state index contributed by atoms with van der Waals surface area (Å²) in [5.41, 5.74) is 3.07. The Labute approximate surface area is 167 Å². The number of hydrogen-bond donors (Lipinski definition) is 2. The van der Waals surface area contributed by atoms with Crippen molar-refractivity contribution in [1.82, 2.24) is 0 Å². The largest absolute Gasteiger partial charge is 0.294 e. The molecule has 0 aromatic heterocycles. The van der Waals surface area contributed by atoms with Gasteiger partial charge >= 0.3 is 0 Å². The van der Waals surface area contributed by atoms with E-state index in [1.54, 1.807) is 24.3 Å². The van der Waals surface area contributed by atoms with E-state index in [-0.39, 0.29) is 9.79 Å². The van der Waals surface area contributed by atoms with Gasteiger partial charge in [0.1, 0.15) is 0 Å². The van der Waals surface area contributed by atoms with Crippen molar-refractivity contribution in [3.63, 3.8) is 0 Å². The highest BCUT2D eigenvalue weighted by Crippen LogP contribution is 2.22. The first-order valence-corrected chi connectivity index (χ1v) is 12.0. The second-order valence-electron chi connectivity index (χ2n) is 7.09. The molecule has 0 unspecified atom stereocenters. The van der Waals surface area contributed by atoms with Gasteiger partial charge in [0.2, 0.25) is 0 Å². The van der Waals surface area contributed by atoms with Crippen LogP contribution in [0.15, 0.2) is 46.2 Å². The summed E-state index contributed by atoms with van der Waals surface area (Å²) in [6.45, 7) is 3.73. The summed E-state index contributed by atoms with van der Waals surface area (Å²) in [4.78, 5) is -0.0914. The summed E-state index contributed by atoms with van der Waals surface area (Å²) in [6, 6.07) is 9.70. The Morgan fingerprint density at radius 1 is 0.643 bits per heavy atom. The Balaban J connectivity index is 1.91. The van der Waals surface area contributed by atoms with Gasteiger partial charge in [-0.3, -0.25) is 9.11 Å². The van der Waals surface area contributed by atoms with Crippen molar-refractivity contribution in [1.29, 1.82) is 0 Å². The molecular formula is C20H26O6S2. The zero-order chi connectivity index (χ0) is 20.9. The van der Waals surface area contributed by atoms with E-state index in [0.717, 1.165) is 36.8 Å². The number of aryl methyl sites for hydroxylation is 4. The summed E-state index contributed by atoms with van der Waals surface area (Å²) in [5.74, 6) is 0. The molecule has 0 atom stereocenters. The maximum atomic E-state index is 11.5. The van der Waals surface area contributed by atoms with E-state index in [1.165, 1.54) is 12.1 Å². The molecule has 2 aromatic rings. The summed E-state index contributed by atoms with van der Waals surface area (Å²) in [5, 5.41) is 0. The van der Waals surface area contributed by atoms with Gasteiger partial charge in [-0.1, -0.05) is 48.2 Å². The molecule has 0 aliphatic rings. The van der Waals surface area contributed by atoms with E-state index in [2.05, 4.69) is 0 Å². The summed E-state index contributed by atoms with van der Waals surface area (Å²) in [6.07, 6.45) is 4.27. The Morgan fingerprint density at radius 2 is 1.00 bits per heavy atom. The van der Waals surface area contributed by atoms with Gasteiger partial charge < -0.3 is 0 Å². The summed E-state index contributed by atoms with van der Waals surface area (Å²) >= 11 is 0. The predicted octanol–water partition coefficient (Wildman–Crippen LogP) is 4.14. The van der Waals surface area contributed by atoms with Crippen LogP contribution in [0.3, 0.4) is 0 Å².